The molecule has 2 aromatic carbocycles. The minimum absolute atomic E-state index is 0.132. The number of carbonyl (C=O) groups excluding carboxylic acids is 1. The molecule has 1 N–H and O–H groups in total. The Morgan fingerprint density at radius 2 is 1.70 bits per heavy atom. The summed E-state index contributed by atoms with van der Waals surface area (Å²) in [5, 5.41) is 0. The second-order valence-electron chi connectivity index (χ2n) is 5.79. The van der Waals surface area contributed by atoms with Crippen LogP contribution in [-0.4, -0.2) is 14.3 Å². The average molecular weight is 333 g/mol. The van der Waals surface area contributed by atoms with Crippen molar-refractivity contribution in [2.45, 2.75) is 30.1 Å². The zero-order chi connectivity index (χ0) is 16.7. The van der Waals surface area contributed by atoms with Crippen molar-refractivity contribution in [1.82, 2.24) is 4.72 Å². The monoisotopic (exact) mass is 333 g/mol. The first-order valence-electron chi connectivity index (χ1n) is 7.24. The van der Waals surface area contributed by atoms with E-state index >= 15 is 0 Å². The van der Waals surface area contributed by atoms with Gasteiger partial charge in [-0.25, -0.2) is 17.5 Å². The Morgan fingerprint density at radius 3 is 2.26 bits per heavy atom. The zero-order valence-electron chi connectivity index (χ0n) is 12.5. The number of benzene rings is 2. The number of nitrogens with one attached hydrogen (secondary N) is 1. The molecule has 1 amide bonds. The molecule has 0 atom stereocenters. The molecule has 0 aromatic heterocycles. The maximum Gasteiger partial charge on any atom is 0.264 e. The van der Waals surface area contributed by atoms with E-state index in [2.05, 4.69) is 4.72 Å². The highest BCUT2D eigenvalue weighted by Crippen LogP contribution is 2.49. The van der Waals surface area contributed by atoms with Crippen molar-refractivity contribution in [2.75, 3.05) is 0 Å². The molecule has 3 rings (SSSR count). The summed E-state index contributed by atoms with van der Waals surface area (Å²) >= 11 is 0. The molecule has 0 saturated heterocycles. The van der Waals surface area contributed by atoms with Gasteiger partial charge in [0.1, 0.15) is 5.82 Å². The molecule has 1 saturated carbocycles. The molecule has 1 aliphatic rings. The van der Waals surface area contributed by atoms with E-state index in [1.807, 2.05) is 31.2 Å². The van der Waals surface area contributed by atoms with Crippen LogP contribution in [0, 0.1) is 12.7 Å². The van der Waals surface area contributed by atoms with Gasteiger partial charge in [-0.3, -0.25) is 4.79 Å². The van der Waals surface area contributed by atoms with E-state index in [9.17, 15) is 17.6 Å². The normalized spacial score (nSPS) is 15.9. The standard InChI is InChI=1S/C17H16FNO3S/c1-12-4-2-3-5-15(12)17(10-11-17)16(20)19-23(21,22)14-8-6-13(18)7-9-14/h2-9H,10-11H2,1H3,(H,19,20). The van der Waals surface area contributed by atoms with Crippen LogP contribution in [0.5, 0.6) is 0 Å². The van der Waals surface area contributed by atoms with Crippen molar-refractivity contribution in [3.8, 4) is 0 Å². The highest BCUT2D eigenvalue weighted by atomic mass is 32.2. The van der Waals surface area contributed by atoms with Crippen LogP contribution in [0.25, 0.3) is 0 Å². The van der Waals surface area contributed by atoms with Crippen LogP contribution < -0.4 is 4.72 Å². The van der Waals surface area contributed by atoms with Gasteiger partial charge in [-0.2, -0.15) is 0 Å². The van der Waals surface area contributed by atoms with Gasteiger partial charge in [0.25, 0.3) is 10.0 Å². The summed E-state index contributed by atoms with van der Waals surface area (Å²) in [5.41, 5.74) is 1.03. The van der Waals surface area contributed by atoms with Crippen molar-refractivity contribution < 1.29 is 17.6 Å². The highest BCUT2D eigenvalue weighted by Gasteiger charge is 2.52. The fourth-order valence-electron chi connectivity index (χ4n) is 2.75. The lowest BCUT2D eigenvalue weighted by atomic mass is 9.91. The van der Waals surface area contributed by atoms with Crippen LogP contribution in [0.2, 0.25) is 0 Å². The third kappa shape index (κ3) is 2.86. The average Bonchev–Trinajstić information content (AvgIpc) is 3.29. The third-order valence-electron chi connectivity index (χ3n) is 4.20. The van der Waals surface area contributed by atoms with Crippen molar-refractivity contribution >= 4 is 15.9 Å². The maximum absolute atomic E-state index is 12.9. The number of hydrogen-bond donors (Lipinski definition) is 1. The van der Waals surface area contributed by atoms with Gasteiger partial charge in [0, 0.05) is 0 Å². The van der Waals surface area contributed by atoms with E-state index in [1.54, 1.807) is 0 Å². The van der Waals surface area contributed by atoms with Crippen LogP contribution in [-0.2, 0) is 20.2 Å². The molecule has 0 spiro atoms. The fourth-order valence-corrected chi connectivity index (χ4v) is 3.80. The Kier molecular flexibility index (Phi) is 3.72. The van der Waals surface area contributed by atoms with Crippen molar-refractivity contribution in [1.29, 1.82) is 0 Å². The summed E-state index contributed by atoms with van der Waals surface area (Å²) < 4.78 is 39.6. The Morgan fingerprint density at radius 1 is 1.09 bits per heavy atom. The Labute approximate surface area is 134 Å². The molecule has 1 fully saturated rings. The van der Waals surface area contributed by atoms with Gasteiger partial charge < -0.3 is 0 Å². The van der Waals surface area contributed by atoms with E-state index < -0.39 is 27.2 Å². The molecule has 1 aliphatic carbocycles. The molecule has 23 heavy (non-hydrogen) atoms. The number of hydrogen-bond acceptors (Lipinski definition) is 3. The highest BCUT2D eigenvalue weighted by molar-refractivity contribution is 7.90. The molecular formula is C17H16FNO3S. The molecule has 0 aliphatic heterocycles. The van der Waals surface area contributed by atoms with Gasteiger partial charge in [-0.1, -0.05) is 24.3 Å². The van der Waals surface area contributed by atoms with E-state index in [0.717, 1.165) is 35.4 Å². The summed E-state index contributed by atoms with van der Waals surface area (Å²) in [6.45, 7) is 1.90. The first kappa shape index (κ1) is 15.7. The fraction of sp³-hybridized carbons (Fsp3) is 0.235. The van der Waals surface area contributed by atoms with Crippen molar-refractivity contribution in [2.24, 2.45) is 0 Å². The van der Waals surface area contributed by atoms with Crippen LogP contribution in [0.15, 0.2) is 53.4 Å². The van der Waals surface area contributed by atoms with Gasteiger partial charge >= 0.3 is 0 Å². The minimum atomic E-state index is -4.01. The van der Waals surface area contributed by atoms with Gasteiger partial charge in [0.15, 0.2) is 0 Å². The van der Waals surface area contributed by atoms with Gasteiger partial charge in [-0.15, -0.1) is 0 Å². The number of halogens is 1. The molecule has 0 unspecified atom stereocenters. The Balaban J connectivity index is 1.87. The minimum Gasteiger partial charge on any atom is -0.273 e. The quantitative estimate of drug-likeness (QED) is 0.936. The second kappa shape index (κ2) is 5.45. The summed E-state index contributed by atoms with van der Waals surface area (Å²) in [6, 6.07) is 11.8. The molecule has 120 valence electrons. The SMILES string of the molecule is Cc1ccccc1C1(C(=O)NS(=O)(=O)c2ccc(F)cc2)CC1. The summed E-state index contributed by atoms with van der Waals surface area (Å²) in [6.07, 6.45) is 1.23. The number of sulfonamides is 1. The molecule has 0 heterocycles. The summed E-state index contributed by atoms with van der Waals surface area (Å²) in [7, 11) is -4.01. The van der Waals surface area contributed by atoms with E-state index in [0.29, 0.717) is 12.8 Å². The molecule has 4 nitrogen and oxygen atoms in total. The van der Waals surface area contributed by atoms with E-state index in [4.69, 9.17) is 0 Å². The number of aryl methyl sites for hydroxylation is 1. The van der Waals surface area contributed by atoms with Gasteiger partial charge in [0.05, 0.1) is 10.3 Å². The molecule has 2 aromatic rings. The molecular weight excluding hydrogens is 317 g/mol. The first-order chi connectivity index (χ1) is 10.8. The second-order valence-corrected chi connectivity index (χ2v) is 7.47. The van der Waals surface area contributed by atoms with Crippen LogP contribution in [0.1, 0.15) is 24.0 Å². The predicted octanol–water partition coefficient (Wildman–Crippen LogP) is 2.67. The largest absolute Gasteiger partial charge is 0.273 e. The molecule has 0 radical (unpaired) electrons. The van der Waals surface area contributed by atoms with Gasteiger partial charge in [-0.05, 0) is 55.2 Å². The maximum atomic E-state index is 12.9. The smallest absolute Gasteiger partial charge is 0.264 e. The predicted molar refractivity (Wildman–Crippen MR) is 83.8 cm³/mol. The number of carbonyl (C=O) groups is 1. The van der Waals surface area contributed by atoms with E-state index in [1.165, 1.54) is 0 Å². The Hall–Kier alpha value is -2.21. The topological polar surface area (TPSA) is 63.2 Å². The molecule has 6 heteroatoms. The lowest BCUT2D eigenvalue weighted by Crippen LogP contribution is -2.39. The Bertz CT molecular complexity index is 856. The van der Waals surface area contributed by atoms with Crippen LogP contribution >= 0.6 is 0 Å². The summed E-state index contributed by atoms with van der Waals surface area (Å²) in [4.78, 5) is 12.4. The number of amides is 1. The summed E-state index contributed by atoms with van der Waals surface area (Å²) in [5.74, 6) is -1.06. The van der Waals surface area contributed by atoms with Crippen LogP contribution in [0.3, 0.4) is 0 Å². The zero-order valence-corrected chi connectivity index (χ0v) is 13.4. The molecule has 0 bridgehead atoms. The lowest BCUT2D eigenvalue weighted by Gasteiger charge is -2.18. The third-order valence-corrected chi connectivity index (χ3v) is 5.54. The van der Waals surface area contributed by atoms with E-state index in [-0.39, 0.29) is 4.90 Å². The lowest BCUT2D eigenvalue weighted by molar-refractivity contribution is -0.121. The van der Waals surface area contributed by atoms with Gasteiger partial charge in [0.2, 0.25) is 5.91 Å². The van der Waals surface area contributed by atoms with Crippen molar-refractivity contribution in [3.63, 3.8) is 0 Å². The van der Waals surface area contributed by atoms with Crippen molar-refractivity contribution in [3.05, 3.63) is 65.5 Å². The first-order valence-corrected chi connectivity index (χ1v) is 8.72. The number of rotatable bonds is 4. The van der Waals surface area contributed by atoms with Crippen LogP contribution in [0.4, 0.5) is 4.39 Å².